The van der Waals surface area contributed by atoms with Gasteiger partial charge >= 0.3 is 0 Å². The molecule has 1 unspecified atom stereocenters. The van der Waals surface area contributed by atoms with Crippen LogP contribution in [0, 0.1) is 5.92 Å². The van der Waals surface area contributed by atoms with E-state index < -0.39 is 0 Å². The molecule has 0 radical (unpaired) electrons. The van der Waals surface area contributed by atoms with Gasteiger partial charge in [-0.05, 0) is 66.9 Å². The van der Waals surface area contributed by atoms with Crippen LogP contribution in [-0.4, -0.2) is 41.7 Å². The third-order valence-corrected chi connectivity index (χ3v) is 6.26. The Bertz CT molecular complexity index is 518. The minimum atomic E-state index is 0.309. The molecule has 1 aliphatic carbocycles. The highest BCUT2D eigenvalue weighted by Gasteiger charge is 2.25. The van der Waals surface area contributed by atoms with Gasteiger partial charge in [0, 0.05) is 18.0 Å². The van der Waals surface area contributed by atoms with E-state index in [2.05, 4.69) is 29.4 Å². The van der Waals surface area contributed by atoms with Gasteiger partial charge in [0.25, 0.3) is 0 Å². The van der Waals surface area contributed by atoms with Crippen LogP contribution in [0.4, 0.5) is 0 Å². The lowest BCUT2D eigenvalue weighted by Crippen LogP contribution is -2.30. The van der Waals surface area contributed by atoms with Gasteiger partial charge in [-0.15, -0.1) is 11.8 Å². The molecule has 1 saturated heterocycles. The number of hydrogen-bond donors (Lipinski definition) is 0. The van der Waals surface area contributed by atoms with Crippen molar-refractivity contribution >= 4 is 29.4 Å². The maximum absolute atomic E-state index is 12.3. The van der Waals surface area contributed by atoms with Crippen molar-refractivity contribution in [3.05, 3.63) is 29.3 Å². The first-order valence-corrected chi connectivity index (χ1v) is 10.2. The Balaban J connectivity index is 1.50. The molecular formula is C17H23NOS2. The Labute approximate surface area is 136 Å². The zero-order chi connectivity index (χ0) is 14.7. The fraction of sp³-hybridized carbons (Fsp3) is 0.588. The number of benzene rings is 1. The predicted molar refractivity (Wildman–Crippen MR) is 92.3 cm³/mol. The average molecular weight is 322 g/mol. The van der Waals surface area contributed by atoms with E-state index in [0.717, 1.165) is 13.1 Å². The summed E-state index contributed by atoms with van der Waals surface area (Å²) in [5.74, 6) is 2.78. The van der Waals surface area contributed by atoms with Gasteiger partial charge in [-0.3, -0.25) is 4.79 Å². The number of nitrogens with zero attached hydrogens (tertiary/aromatic N) is 1. The second-order valence-electron chi connectivity index (χ2n) is 6.02. The molecule has 1 aliphatic heterocycles. The standard InChI is InChI=1S/C17H23NOS2/c1-20-11-13-7-8-18(10-13)17(19)12-21-16-6-5-14-3-2-4-15(14)9-16/h5-6,9,13H,2-4,7-8,10-12H2,1H3. The number of likely N-dealkylation sites (tertiary alicyclic amines) is 1. The Morgan fingerprint density at radius 1 is 1.33 bits per heavy atom. The Morgan fingerprint density at radius 3 is 3.05 bits per heavy atom. The largest absolute Gasteiger partial charge is 0.342 e. The zero-order valence-corrected chi connectivity index (χ0v) is 14.3. The van der Waals surface area contributed by atoms with Crippen molar-refractivity contribution in [2.75, 3.05) is 30.9 Å². The van der Waals surface area contributed by atoms with Crippen molar-refractivity contribution in [2.24, 2.45) is 5.92 Å². The smallest absolute Gasteiger partial charge is 0.232 e. The Kier molecular flexibility index (Phi) is 5.17. The highest BCUT2D eigenvalue weighted by molar-refractivity contribution is 8.00. The molecule has 0 aromatic heterocycles. The summed E-state index contributed by atoms with van der Waals surface area (Å²) in [7, 11) is 0. The number of rotatable bonds is 5. The molecule has 2 nitrogen and oxygen atoms in total. The van der Waals surface area contributed by atoms with Crippen LogP contribution in [0.1, 0.15) is 24.0 Å². The summed E-state index contributed by atoms with van der Waals surface area (Å²) in [6.07, 6.45) is 7.04. The number of aryl methyl sites for hydroxylation is 2. The summed E-state index contributed by atoms with van der Waals surface area (Å²) < 4.78 is 0. The third-order valence-electron chi connectivity index (χ3n) is 4.47. The number of fused-ring (bicyclic) bond motifs is 1. The van der Waals surface area contributed by atoms with Gasteiger partial charge in [0.15, 0.2) is 0 Å². The van der Waals surface area contributed by atoms with Crippen LogP contribution in [-0.2, 0) is 17.6 Å². The van der Waals surface area contributed by atoms with E-state index in [1.54, 1.807) is 11.8 Å². The van der Waals surface area contributed by atoms with Crippen LogP contribution in [0.15, 0.2) is 23.1 Å². The van der Waals surface area contributed by atoms with Crippen LogP contribution in [0.25, 0.3) is 0 Å². The fourth-order valence-corrected chi connectivity index (χ4v) is 4.91. The van der Waals surface area contributed by atoms with Crippen molar-refractivity contribution in [3.8, 4) is 0 Å². The molecule has 2 aliphatic rings. The first-order valence-electron chi connectivity index (χ1n) is 7.77. The van der Waals surface area contributed by atoms with E-state index in [1.807, 2.05) is 11.8 Å². The SMILES string of the molecule is CSCC1CCN(C(=O)CSc2ccc3c(c2)CCC3)C1. The number of carbonyl (C=O) groups excluding carboxylic acids is 1. The van der Waals surface area contributed by atoms with Crippen LogP contribution >= 0.6 is 23.5 Å². The topological polar surface area (TPSA) is 20.3 Å². The molecule has 1 amide bonds. The number of amides is 1. The molecule has 114 valence electrons. The van der Waals surface area contributed by atoms with Gasteiger partial charge < -0.3 is 4.90 Å². The average Bonchev–Trinajstić information content (AvgIpc) is 3.13. The Hall–Kier alpha value is -0.610. The summed E-state index contributed by atoms with van der Waals surface area (Å²) >= 11 is 3.59. The maximum Gasteiger partial charge on any atom is 0.232 e. The first kappa shape index (κ1) is 15.3. The third kappa shape index (κ3) is 3.78. The van der Waals surface area contributed by atoms with Crippen molar-refractivity contribution in [2.45, 2.75) is 30.6 Å². The zero-order valence-electron chi connectivity index (χ0n) is 12.6. The normalized spacial score (nSPS) is 20.8. The lowest BCUT2D eigenvalue weighted by molar-refractivity contribution is -0.127. The molecule has 0 bridgehead atoms. The van der Waals surface area contributed by atoms with Crippen molar-refractivity contribution in [1.29, 1.82) is 0 Å². The molecule has 1 aromatic rings. The second-order valence-corrected chi connectivity index (χ2v) is 7.98. The summed E-state index contributed by atoms with van der Waals surface area (Å²) in [5.41, 5.74) is 3.00. The van der Waals surface area contributed by atoms with Gasteiger partial charge in [0.1, 0.15) is 0 Å². The summed E-state index contributed by atoms with van der Waals surface area (Å²) in [5, 5.41) is 0. The number of carbonyl (C=O) groups is 1. The molecule has 1 heterocycles. The predicted octanol–water partition coefficient (Wildman–Crippen LogP) is 3.48. The molecular weight excluding hydrogens is 298 g/mol. The van der Waals surface area contributed by atoms with E-state index in [9.17, 15) is 4.79 Å². The van der Waals surface area contributed by atoms with Crippen LogP contribution in [0.5, 0.6) is 0 Å². The highest BCUT2D eigenvalue weighted by Crippen LogP contribution is 2.28. The van der Waals surface area contributed by atoms with Gasteiger partial charge in [0.05, 0.1) is 5.75 Å². The molecule has 1 fully saturated rings. The van der Waals surface area contributed by atoms with E-state index in [1.165, 1.54) is 47.5 Å². The molecule has 0 saturated carbocycles. The van der Waals surface area contributed by atoms with Crippen molar-refractivity contribution in [1.82, 2.24) is 4.90 Å². The monoisotopic (exact) mass is 321 g/mol. The maximum atomic E-state index is 12.3. The molecule has 0 spiro atoms. The van der Waals surface area contributed by atoms with Crippen molar-refractivity contribution in [3.63, 3.8) is 0 Å². The van der Waals surface area contributed by atoms with E-state index >= 15 is 0 Å². The van der Waals surface area contributed by atoms with Gasteiger partial charge in [0.2, 0.25) is 5.91 Å². The lowest BCUT2D eigenvalue weighted by atomic mass is 10.1. The fourth-order valence-electron chi connectivity index (χ4n) is 3.31. The summed E-state index contributed by atoms with van der Waals surface area (Å²) in [6, 6.07) is 6.73. The molecule has 1 atom stereocenters. The highest BCUT2D eigenvalue weighted by atomic mass is 32.2. The van der Waals surface area contributed by atoms with Crippen LogP contribution < -0.4 is 0 Å². The molecule has 0 N–H and O–H groups in total. The van der Waals surface area contributed by atoms with Crippen LogP contribution in [0.2, 0.25) is 0 Å². The van der Waals surface area contributed by atoms with Crippen molar-refractivity contribution < 1.29 is 4.79 Å². The molecule has 4 heteroatoms. The molecule has 1 aromatic carbocycles. The Morgan fingerprint density at radius 2 is 2.19 bits per heavy atom. The van der Waals surface area contributed by atoms with Crippen LogP contribution in [0.3, 0.4) is 0 Å². The minimum absolute atomic E-state index is 0.309. The second kappa shape index (κ2) is 7.10. The summed E-state index contributed by atoms with van der Waals surface area (Å²) in [4.78, 5) is 15.6. The van der Waals surface area contributed by atoms with E-state index in [0.29, 0.717) is 17.6 Å². The first-order chi connectivity index (χ1) is 10.3. The quantitative estimate of drug-likeness (QED) is 0.775. The molecule has 21 heavy (non-hydrogen) atoms. The van der Waals surface area contributed by atoms with E-state index in [-0.39, 0.29) is 0 Å². The number of hydrogen-bond acceptors (Lipinski definition) is 3. The van der Waals surface area contributed by atoms with Gasteiger partial charge in [-0.25, -0.2) is 0 Å². The van der Waals surface area contributed by atoms with Gasteiger partial charge in [-0.1, -0.05) is 6.07 Å². The molecule has 3 rings (SSSR count). The number of thioether (sulfide) groups is 2. The lowest BCUT2D eigenvalue weighted by Gasteiger charge is -2.16. The minimum Gasteiger partial charge on any atom is -0.342 e. The van der Waals surface area contributed by atoms with E-state index in [4.69, 9.17) is 0 Å². The van der Waals surface area contributed by atoms with Gasteiger partial charge in [-0.2, -0.15) is 11.8 Å². The summed E-state index contributed by atoms with van der Waals surface area (Å²) in [6.45, 7) is 1.92.